The second-order valence-corrected chi connectivity index (χ2v) is 4.12. The molecule has 0 spiro atoms. The van der Waals surface area contributed by atoms with Crippen molar-refractivity contribution in [1.29, 1.82) is 0 Å². The minimum Gasteiger partial charge on any atom is -0.391 e. The van der Waals surface area contributed by atoms with E-state index in [2.05, 4.69) is 36.6 Å². The van der Waals surface area contributed by atoms with E-state index in [1.807, 2.05) is 0 Å². The molecule has 0 aromatic carbocycles. The molecule has 0 aromatic heterocycles. The van der Waals surface area contributed by atoms with Gasteiger partial charge in [-0.1, -0.05) is 31.9 Å². The van der Waals surface area contributed by atoms with E-state index in [4.69, 9.17) is 0 Å². The number of rotatable bonds is 0. The number of alkyl halides is 2. The maximum absolute atomic E-state index is 10.6. The summed E-state index contributed by atoms with van der Waals surface area (Å²) in [6, 6.07) is 0. The van der Waals surface area contributed by atoms with Gasteiger partial charge in [-0.05, 0) is 6.42 Å². The molecule has 2 atom stereocenters. The summed E-state index contributed by atoms with van der Waals surface area (Å²) in [5, 5.41) is 0. The Hall–Kier alpha value is 0.1000. The first-order valence-corrected chi connectivity index (χ1v) is 4.48. The first-order chi connectivity index (χ1) is 4.61. The minimum atomic E-state index is -0.499. The summed E-state index contributed by atoms with van der Waals surface area (Å²) in [5.41, 5.74) is 0. The number of esters is 2. The largest absolute Gasteiger partial charge is 0.391 e. The zero-order valence-electron chi connectivity index (χ0n) is 4.84. The predicted octanol–water partition coefficient (Wildman–Crippen LogP) is 0.987. The molecule has 1 aliphatic rings. The SMILES string of the molecule is O=C1OC(=O)[C@H](Br)C[C@H]1Br. The highest BCUT2D eigenvalue weighted by atomic mass is 79.9. The summed E-state index contributed by atoms with van der Waals surface area (Å²) in [6.07, 6.45) is 0.456. The van der Waals surface area contributed by atoms with Crippen LogP contribution in [-0.2, 0) is 14.3 Å². The molecule has 0 unspecified atom stereocenters. The molecular formula is C5H4Br2O3. The Morgan fingerprint density at radius 2 is 1.60 bits per heavy atom. The maximum atomic E-state index is 10.6. The third-order valence-corrected chi connectivity index (χ3v) is 2.62. The first kappa shape index (κ1) is 8.20. The van der Waals surface area contributed by atoms with E-state index in [1.54, 1.807) is 0 Å². The van der Waals surface area contributed by atoms with Crippen LogP contribution in [-0.4, -0.2) is 21.6 Å². The number of hydrogen-bond donors (Lipinski definition) is 0. The zero-order valence-corrected chi connectivity index (χ0v) is 8.01. The average Bonchev–Trinajstić information content (AvgIpc) is 1.84. The number of halogens is 2. The Bertz CT molecular complexity index is 162. The summed E-state index contributed by atoms with van der Waals surface area (Å²) >= 11 is 6.13. The lowest BCUT2D eigenvalue weighted by Crippen LogP contribution is -2.35. The highest BCUT2D eigenvalue weighted by Gasteiger charge is 2.33. The third-order valence-electron chi connectivity index (χ3n) is 1.13. The molecule has 1 rings (SSSR count). The molecule has 0 radical (unpaired) electrons. The van der Waals surface area contributed by atoms with Crippen molar-refractivity contribution in [3.05, 3.63) is 0 Å². The minimum absolute atomic E-state index is 0.352. The summed E-state index contributed by atoms with van der Waals surface area (Å²) in [7, 11) is 0. The first-order valence-electron chi connectivity index (χ1n) is 2.65. The van der Waals surface area contributed by atoms with Gasteiger partial charge in [-0.15, -0.1) is 0 Å². The van der Waals surface area contributed by atoms with Crippen LogP contribution in [0.5, 0.6) is 0 Å². The number of carbonyl (C=O) groups is 2. The predicted molar refractivity (Wildman–Crippen MR) is 41.1 cm³/mol. The highest BCUT2D eigenvalue weighted by Crippen LogP contribution is 2.22. The zero-order chi connectivity index (χ0) is 7.72. The van der Waals surface area contributed by atoms with Crippen molar-refractivity contribution >= 4 is 43.8 Å². The van der Waals surface area contributed by atoms with Crippen molar-refractivity contribution in [2.45, 2.75) is 16.1 Å². The Kier molecular flexibility index (Phi) is 2.46. The molecule has 1 aliphatic heterocycles. The van der Waals surface area contributed by atoms with E-state index in [9.17, 15) is 9.59 Å². The lowest BCUT2D eigenvalue weighted by molar-refractivity contribution is -0.161. The Morgan fingerprint density at radius 1 is 1.20 bits per heavy atom. The van der Waals surface area contributed by atoms with Gasteiger partial charge >= 0.3 is 11.9 Å². The number of carbonyl (C=O) groups excluding carboxylic acids is 2. The van der Waals surface area contributed by atoms with E-state index in [0.29, 0.717) is 6.42 Å². The van der Waals surface area contributed by atoms with Gasteiger partial charge in [0.25, 0.3) is 0 Å². The van der Waals surface area contributed by atoms with E-state index < -0.39 is 11.9 Å². The van der Waals surface area contributed by atoms with E-state index in [-0.39, 0.29) is 9.65 Å². The molecule has 5 heteroatoms. The summed E-state index contributed by atoms with van der Waals surface area (Å²) < 4.78 is 4.34. The van der Waals surface area contributed by atoms with Gasteiger partial charge in [0.1, 0.15) is 9.65 Å². The maximum Gasteiger partial charge on any atom is 0.327 e. The number of hydrogen-bond acceptors (Lipinski definition) is 3. The Balaban J connectivity index is 2.63. The van der Waals surface area contributed by atoms with Crippen LogP contribution < -0.4 is 0 Å². The molecule has 1 fully saturated rings. The summed E-state index contributed by atoms with van der Waals surface area (Å²) in [6.45, 7) is 0. The highest BCUT2D eigenvalue weighted by molar-refractivity contribution is 9.10. The molecule has 0 amide bonds. The standard InChI is InChI=1S/C5H4Br2O3/c6-2-1-3(7)5(9)10-4(2)8/h2-3H,1H2/t2-,3-/m1/s1. The monoisotopic (exact) mass is 270 g/mol. The molecule has 0 N–H and O–H groups in total. The Labute approximate surface area is 74.4 Å². The number of ether oxygens (including phenoxy) is 1. The summed E-state index contributed by atoms with van der Waals surface area (Å²) in [5.74, 6) is -0.999. The fourth-order valence-electron chi connectivity index (χ4n) is 0.601. The molecule has 0 saturated carbocycles. The molecular weight excluding hydrogens is 268 g/mol. The third kappa shape index (κ3) is 1.58. The molecule has 1 saturated heterocycles. The van der Waals surface area contributed by atoms with Crippen molar-refractivity contribution in [2.24, 2.45) is 0 Å². The van der Waals surface area contributed by atoms with E-state index in [1.165, 1.54) is 0 Å². The number of cyclic esters (lactones) is 2. The van der Waals surface area contributed by atoms with Gasteiger partial charge < -0.3 is 4.74 Å². The molecule has 0 bridgehead atoms. The van der Waals surface area contributed by atoms with Crippen molar-refractivity contribution in [3.63, 3.8) is 0 Å². The molecule has 3 nitrogen and oxygen atoms in total. The van der Waals surface area contributed by atoms with Crippen LogP contribution in [0.4, 0.5) is 0 Å². The van der Waals surface area contributed by atoms with Crippen LogP contribution in [0.15, 0.2) is 0 Å². The van der Waals surface area contributed by atoms with Crippen molar-refractivity contribution < 1.29 is 14.3 Å². The lowest BCUT2D eigenvalue weighted by atomic mass is 10.2. The van der Waals surface area contributed by atoms with E-state index in [0.717, 1.165) is 0 Å². The van der Waals surface area contributed by atoms with Gasteiger partial charge in [0.15, 0.2) is 0 Å². The van der Waals surface area contributed by atoms with Gasteiger partial charge in [-0.3, -0.25) is 9.59 Å². The van der Waals surface area contributed by atoms with Crippen molar-refractivity contribution in [3.8, 4) is 0 Å². The van der Waals surface area contributed by atoms with Crippen molar-refractivity contribution in [1.82, 2.24) is 0 Å². The average molecular weight is 272 g/mol. The second-order valence-electron chi connectivity index (χ2n) is 1.91. The fraction of sp³-hybridized carbons (Fsp3) is 0.600. The smallest absolute Gasteiger partial charge is 0.327 e. The van der Waals surface area contributed by atoms with Crippen LogP contribution in [0, 0.1) is 0 Å². The molecule has 56 valence electrons. The molecule has 10 heavy (non-hydrogen) atoms. The van der Waals surface area contributed by atoms with Gasteiger partial charge in [-0.2, -0.15) is 0 Å². The second kappa shape index (κ2) is 3.00. The lowest BCUT2D eigenvalue weighted by Gasteiger charge is -2.17. The van der Waals surface area contributed by atoms with Crippen LogP contribution >= 0.6 is 31.9 Å². The van der Waals surface area contributed by atoms with Crippen molar-refractivity contribution in [2.75, 3.05) is 0 Å². The molecule has 0 aliphatic carbocycles. The van der Waals surface area contributed by atoms with Crippen LogP contribution in [0.1, 0.15) is 6.42 Å². The van der Waals surface area contributed by atoms with Crippen LogP contribution in [0.3, 0.4) is 0 Å². The molecule has 1 heterocycles. The van der Waals surface area contributed by atoms with Crippen LogP contribution in [0.2, 0.25) is 0 Å². The topological polar surface area (TPSA) is 43.4 Å². The van der Waals surface area contributed by atoms with E-state index >= 15 is 0 Å². The molecule has 0 aromatic rings. The summed E-state index contributed by atoms with van der Waals surface area (Å²) in [4.78, 5) is 20.6. The van der Waals surface area contributed by atoms with Gasteiger partial charge in [0.2, 0.25) is 0 Å². The fourth-order valence-corrected chi connectivity index (χ4v) is 2.04. The van der Waals surface area contributed by atoms with Gasteiger partial charge in [0, 0.05) is 0 Å². The van der Waals surface area contributed by atoms with Crippen LogP contribution in [0.25, 0.3) is 0 Å². The normalized spacial score (nSPS) is 33.8. The van der Waals surface area contributed by atoms with Gasteiger partial charge in [0.05, 0.1) is 0 Å². The Morgan fingerprint density at radius 3 is 1.90 bits per heavy atom. The quantitative estimate of drug-likeness (QED) is 0.375. The van der Waals surface area contributed by atoms with Gasteiger partial charge in [-0.25, -0.2) is 0 Å².